The summed E-state index contributed by atoms with van der Waals surface area (Å²) in [6.07, 6.45) is 8.16. The second-order valence-corrected chi connectivity index (χ2v) is 7.61. The summed E-state index contributed by atoms with van der Waals surface area (Å²) in [5.74, 6) is 0.867. The maximum atomic E-state index is 2.75. The molecular weight excluding hydrogens is 230 g/mol. The highest BCUT2D eigenvalue weighted by Crippen LogP contribution is 2.52. The third-order valence-electron chi connectivity index (χ3n) is 5.96. The van der Waals surface area contributed by atoms with Crippen LogP contribution in [0.15, 0.2) is 0 Å². The third-order valence-corrected chi connectivity index (χ3v) is 5.96. The quantitative estimate of drug-likeness (QED) is 0.536. The molecule has 1 saturated heterocycles. The van der Waals surface area contributed by atoms with Crippen LogP contribution >= 0.6 is 0 Å². The van der Waals surface area contributed by atoms with Crippen LogP contribution in [0.3, 0.4) is 0 Å². The van der Waals surface area contributed by atoms with Crippen molar-refractivity contribution in [1.29, 1.82) is 0 Å². The lowest BCUT2D eigenvalue weighted by atomic mass is 9.63. The second-order valence-electron chi connectivity index (χ2n) is 7.61. The van der Waals surface area contributed by atoms with Crippen LogP contribution < -0.4 is 0 Å². The zero-order valence-electron chi connectivity index (χ0n) is 14.4. The van der Waals surface area contributed by atoms with Gasteiger partial charge in [0.2, 0.25) is 0 Å². The molecule has 0 N–H and O–H groups in total. The van der Waals surface area contributed by atoms with E-state index in [0.717, 1.165) is 5.92 Å². The van der Waals surface area contributed by atoms with Gasteiger partial charge in [-0.2, -0.15) is 0 Å². The molecule has 3 unspecified atom stereocenters. The first kappa shape index (κ1) is 17.0. The molecule has 3 atom stereocenters. The SMILES string of the molecule is CCCCCN1CC(C)(CC)C(C)(CC(C)CC)C1. The lowest BCUT2D eigenvalue weighted by Gasteiger charge is -2.41. The van der Waals surface area contributed by atoms with Gasteiger partial charge in [0.05, 0.1) is 0 Å². The molecule has 0 aromatic carbocycles. The average Bonchev–Trinajstić information content (AvgIpc) is 2.62. The fourth-order valence-electron chi connectivity index (χ4n) is 3.93. The average molecular weight is 268 g/mol. The van der Waals surface area contributed by atoms with E-state index in [1.807, 2.05) is 0 Å². The van der Waals surface area contributed by atoms with Crippen molar-refractivity contribution in [2.24, 2.45) is 16.7 Å². The molecule has 1 heterocycles. The standard InChI is InChI=1S/C18H37N/c1-7-10-11-12-19-14-17(5,9-3)18(6,15-19)13-16(4)8-2/h16H,7-15H2,1-6H3. The Morgan fingerprint density at radius 1 is 1.00 bits per heavy atom. The van der Waals surface area contributed by atoms with Crippen LogP contribution in [0.5, 0.6) is 0 Å². The van der Waals surface area contributed by atoms with Crippen molar-refractivity contribution in [3.05, 3.63) is 0 Å². The van der Waals surface area contributed by atoms with Crippen LogP contribution in [-0.2, 0) is 0 Å². The minimum atomic E-state index is 0.517. The predicted octanol–water partition coefficient (Wildman–Crippen LogP) is 5.35. The van der Waals surface area contributed by atoms with Gasteiger partial charge in [0, 0.05) is 13.1 Å². The Labute approximate surface area is 122 Å². The van der Waals surface area contributed by atoms with Gasteiger partial charge in [0.15, 0.2) is 0 Å². The van der Waals surface area contributed by atoms with E-state index in [1.54, 1.807) is 0 Å². The third kappa shape index (κ3) is 3.97. The van der Waals surface area contributed by atoms with Crippen molar-refractivity contribution < 1.29 is 0 Å². The fraction of sp³-hybridized carbons (Fsp3) is 1.00. The molecule has 1 aliphatic heterocycles. The zero-order valence-corrected chi connectivity index (χ0v) is 14.4. The van der Waals surface area contributed by atoms with E-state index in [4.69, 9.17) is 0 Å². The first-order valence-electron chi connectivity index (χ1n) is 8.63. The minimum Gasteiger partial charge on any atom is -0.302 e. The summed E-state index contributed by atoms with van der Waals surface area (Å²) in [6, 6.07) is 0. The van der Waals surface area contributed by atoms with Gasteiger partial charge in [0.25, 0.3) is 0 Å². The lowest BCUT2D eigenvalue weighted by Crippen LogP contribution is -2.37. The molecule has 1 nitrogen and oxygen atoms in total. The Bertz CT molecular complexity index is 262. The Hall–Kier alpha value is -0.0400. The molecular formula is C18H37N. The number of likely N-dealkylation sites (tertiary alicyclic amines) is 1. The van der Waals surface area contributed by atoms with Crippen LogP contribution in [0, 0.1) is 16.7 Å². The second kappa shape index (κ2) is 7.11. The lowest BCUT2D eigenvalue weighted by molar-refractivity contribution is 0.0969. The van der Waals surface area contributed by atoms with Crippen LogP contribution in [0.4, 0.5) is 0 Å². The molecule has 0 saturated carbocycles. The van der Waals surface area contributed by atoms with E-state index >= 15 is 0 Å². The highest BCUT2D eigenvalue weighted by molar-refractivity contribution is 5.01. The van der Waals surface area contributed by atoms with Gasteiger partial charge in [-0.1, -0.05) is 60.8 Å². The molecule has 19 heavy (non-hydrogen) atoms. The Balaban J connectivity index is 2.67. The van der Waals surface area contributed by atoms with Gasteiger partial charge < -0.3 is 4.90 Å². The van der Waals surface area contributed by atoms with E-state index in [1.165, 1.54) is 58.2 Å². The fourth-order valence-corrected chi connectivity index (χ4v) is 3.93. The van der Waals surface area contributed by atoms with Crippen LogP contribution in [0.1, 0.15) is 80.1 Å². The van der Waals surface area contributed by atoms with E-state index in [-0.39, 0.29) is 0 Å². The Morgan fingerprint density at radius 3 is 2.16 bits per heavy atom. The van der Waals surface area contributed by atoms with E-state index in [2.05, 4.69) is 46.4 Å². The Morgan fingerprint density at radius 2 is 1.63 bits per heavy atom. The smallest absolute Gasteiger partial charge is 0.00414 e. The molecule has 0 bridgehead atoms. The van der Waals surface area contributed by atoms with Crippen molar-refractivity contribution in [2.75, 3.05) is 19.6 Å². The normalized spacial score (nSPS) is 33.8. The molecule has 0 aromatic rings. The van der Waals surface area contributed by atoms with Crippen molar-refractivity contribution in [2.45, 2.75) is 80.1 Å². The van der Waals surface area contributed by atoms with E-state index in [0.29, 0.717) is 10.8 Å². The maximum Gasteiger partial charge on any atom is 0.00414 e. The topological polar surface area (TPSA) is 3.24 Å². The molecule has 0 aliphatic carbocycles. The van der Waals surface area contributed by atoms with Gasteiger partial charge in [-0.25, -0.2) is 0 Å². The Kier molecular flexibility index (Phi) is 6.36. The summed E-state index contributed by atoms with van der Waals surface area (Å²) in [5.41, 5.74) is 1.03. The van der Waals surface area contributed by atoms with Gasteiger partial charge in [-0.15, -0.1) is 0 Å². The molecule has 0 spiro atoms. The molecule has 0 radical (unpaired) electrons. The van der Waals surface area contributed by atoms with Crippen molar-refractivity contribution >= 4 is 0 Å². The number of hydrogen-bond donors (Lipinski definition) is 0. The van der Waals surface area contributed by atoms with Crippen molar-refractivity contribution in [1.82, 2.24) is 4.90 Å². The highest BCUT2D eigenvalue weighted by atomic mass is 15.2. The molecule has 1 aliphatic rings. The van der Waals surface area contributed by atoms with E-state index in [9.17, 15) is 0 Å². The predicted molar refractivity (Wildman–Crippen MR) is 86.5 cm³/mol. The van der Waals surface area contributed by atoms with Crippen LogP contribution in [0.25, 0.3) is 0 Å². The molecule has 1 fully saturated rings. The summed E-state index contributed by atoms with van der Waals surface area (Å²) in [7, 11) is 0. The van der Waals surface area contributed by atoms with Gasteiger partial charge >= 0.3 is 0 Å². The number of unbranched alkanes of at least 4 members (excludes halogenated alkanes) is 2. The number of rotatable bonds is 8. The van der Waals surface area contributed by atoms with Crippen LogP contribution in [0.2, 0.25) is 0 Å². The maximum absolute atomic E-state index is 2.75. The monoisotopic (exact) mass is 267 g/mol. The van der Waals surface area contributed by atoms with Gasteiger partial charge in [-0.3, -0.25) is 0 Å². The van der Waals surface area contributed by atoms with E-state index < -0.39 is 0 Å². The van der Waals surface area contributed by atoms with Crippen molar-refractivity contribution in [3.8, 4) is 0 Å². The number of nitrogens with zero attached hydrogens (tertiary/aromatic N) is 1. The summed E-state index contributed by atoms with van der Waals surface area (Å²) in [4.78, 5) is 2.75. The largest absolute Gasteiger partial charge is 0.302 e. The van der Waals surface area contributed by atoms with Crippen LogP contribution in [-0.4, -0.2) is 24.5 Å². The molecule has 0 aromatic heterocycles. The summed E-state index contributed by atoms with van der Waals surface area (Å²) in [6.45, 7) is 18.5. The summed E-state index contributed by atoms with van der Waals surface area (Å²) >= 11 is 0. The summed E-state index contributed by atoms with van der Waals surface area (Å²) < 4.78 is 0. The highest BCUT2D eigenvalue weighted by Gasteiger charge is 2.50. The first-order chi connectivity index (χ1) is 8.90. The molecule has 1 rings (SSSR count). The molecule has 114 valence electrons. The summed E-state index contributed by atoms with van der Waals surface area (Å²) in [5, 5.41) is 0. The van der Waals surface area contributed by atoms with Gasteiger partial charge in [0.1, 0.15) is 0 Å². The van der Waals surface area contributed by atoms with Gasteiger partial charge in [-0.05, 0) is 42.6 Å². The van der Waals surface area contributed by atoms with Crippen molar-refractivity contribution in [3.63, 3.8) is 0 Å². The number of hydrogen-bond acceptors (Lipinski definition) is 1. The molecule has 1 heteroatoms. The first-order valence-corrected chi connectivity index (χ1v) is 8.63. The zero-order chi connectivity index (χ0) is 14.5. The minimum absolute atomic E-state index is 0.517. The molecule has 0 amide bonds.